The molecule has 0 aromatic heterocycles. The van der Waals surface area contributed by atoms with Gasteiger partial charge in [-0.3, -0.25) is 10.1 Å². The summed E-state index contributed by atoms with van der Waals surface area (Å²) in [7, 11) is 0. The van der Waals surface area contributed by atoms with Crippen molar-refractivity contribution in [2.75, 3.05) is 25.1 Å². The second-order valence-corrected chi connectivity index (χ2v) is 3.77. The maximum absolute atomic E-state index is 10.9. The predicted octanol–water partition coefficient (Wildman–Crippen LogP) is -0.0859. The topological polar surface area (TPSA) is 84.2 Å². The summed E-state index contributed by atoms with van der Waals surface area (Å²) in [5, 5.41) is 4.90. The van der Waals surface area contributed by atoms with E-state index in [2.05, 4.69) is 11.6 Å². The van der Waals surface area contributed by atoms with Crippen molar-refractivity contribution in [2.45, 2.75) is 12.8 Å². The quantitative estimate of drug-likeness (QED) is 0.523. The Morgan fingerprint density at radius 1 is 1.36 bits per heavy atom. The highest BCUT2D eigenvalue weighted by Gasteiger charge is 2.01. The van der Waals surface area contributed by atoms with Crippen LogP contribution in [0.4, 0.5) is 4.79 Å². The fraction of sp³-hybridized carbons (Fsp3) is 0.750. The predicted molar refractivity (Wildman–Crippen MR) is 58.2 cm³/mol. The fourth-order valence-electron chi connectivity index (χ4n) is 0.880. The first-order valence-corrected chi connectivity index (χ1v) is 5.85. The Kier molecular flexibility index (Phi) is 8.36. The summed E-state index contributed by atoms with van der Waals surface area (Å²) in [4.78, 5) is 21.1. The zero-order chi connectivity index (χ0) is 10.8. The molecule has 0 aliphatic carbocycles. The van der Waals surface area contributed by atoms with Crippen molar-refractivity contribution in [3.05, 3.63) is 0 Å². The van der Waals surface area contributed by atoms with Gasteiger partial charge in [0.1, 0.15) is 0 Å². The number of rotatable bonds is 7. The number of hydrogen-bond donors (Lipinski definition) is 3. The highest BCUT2D eigenvalue weighted by Crippen LogP contribution is 1.97. The molecule has 0 unspecified atom stereocenters. The average Bonchev–Trinajstić information content (AvgIpc) is 2.10. The molecule has 0 fully saturated rings. The molecular weight excluding hydrogens is 202 g/mol. The summed E-state index contributed by atoms with van der Waals surface area (Å²) in [6, 6.07) is -0.806. The van der Waals surface area contributed by atoms with Crippen LogP contribution < -0.4 is 16.4 Å². The normalized spacial score (nSPS) is 9.79. The highest BCUT2D eigenvalue weighted by atomic mass is 32.2. The molecular formula is C8H17N3O2S. The number of hydrogen-bond acceptors (Lipinski definition) is 4. The van der Waals surface area contributed by atoms with Gasteiger partial charge in [-0.15, -0.1) is 0 Å². The Morgan fingerprint density at radius 2 is 2.07 bits per heavy atom. The number of urea groups is 1. The van der Waals surface area contributed by atoms with Gasteiger partial charge in [0.25, 0.3) is 0 Å². The van der Waals surface area contributed by atoms with Crippen LogP contribution in [0.5, 0.6) is 0 Å². The summed E-state index contributed by atoms with van der Waals surface area (Å²) >= 11 is 1.81. The number of carbonyl (C=O) groups excluding carboxylic acids is 2. The van der Waals surface area contributed by atoms with E-state index in [1.54, 1.807) is 11.8 Å². The van der Waals surface area contributed by atoms with Gasteiger partial charge in [0.15, 0.2) is 0 Å². The summed E-state index contributed by atoms with van der Waals surface area (Å²) in [5.74, 6) is 0.747. The summed E-state index contributed by atoms with van der Waals surface area (Å²) in [5.41, 5.74) is 4.76. The number of unbranched alkanes of at least 4 members (excludes halogenated alkanes) is 1. The van der Waals surface area contributed by atoms with Gasteiger partial charge in [0.05, 0.1) is 6.54 Å². The van der Waals surface area contributed by atoms with E-state index in [-0.39, 0.29) is 12.5 Å². The number of primary amides is 1. The van der Waals surface area contributed by atoms with Gasteiger partial charge in [0.2, 0.25) is 5.91 Å². The molecule has 0 atom stereocenters. The van der Waals surface area contributed by atoms with Gasteiger partial charge in [-0.05, 0) is 31.4 Å². The van der Waals surface area contributed by atoms with Crippen molar-refractivity contribution in [1.82, 2.24) is 10.6 Å². The molecule has 0 radical (unpaired) electrons. The number of amides is 3. The van der Waals surface area contributed by atoms with Crippen LogP contribution in [0.3, 0.4) is 0 Å². The Morgan fingerprint density at radius 3 is 2.64 bits per heavy atom. The zero-order valence-corrected chi connectivity index (χ0v) is 9.15. The lowest BCUT2D eigenvalue weighted by atomic mass is 10.3. The molecule has 3 amide bonds. The van der Waals surface area contributed by atoms with Crippen molar-refractivity contribution < 1.29 is 9.59 Å². The van der Waals surface area contributed by atoms with Gasteiger partial charge in [0, 0.05) is 0 Å². The first-order chi connectivity index (χ1) is 6.66. The summed E-state index contributed by atoms with van der Waals surface area (Å²) < 4.78 is 0. The Bertz CT molecular complexity index is 187. The summed E-state index contributed by atoms with van der Waals surface area (Å²) in [6.45, 7) is 0.926. The van der Waals surface area contributed by atoms with E-state index in [4.69, 9.17) is 5.73 Å². The number of nitrogens with one attached hydrogen (secondary N) is 2. The third kappa shape index (κ3) is 9.34. The van der Waals surface area contributed by atoms with Crippen molar-refractivity contribution in [3.63, 3.8) is 0 Å². The lowest BCUT2D eigenvalue weighted by molar-refractivity contribution is -0.119. The van der Waals surface area contributed by atoms with Crippen LogP contribution in [0.15, 0.2) is 0 Å². The molecule has 0 spiro atoms. The van der Waals surface area contributed by atoms with Gasteiger partial charge in [-0.2, -0.15) is 11.8 Å². The second kappa shape index (κ2) is 8.83. The average molecular weight is 219 g/mol. The van der Waals surface area contributed by atoms with Crippen LogP contribution in [-0.2, 0) is 4.79 Å². The van der Waals surface area contributed by atoms with Gasteiger partial charge in [-0.1, -0.05) is 0 Å². The maximum atomic E-state index is 10.9. The molecule has 0 rings (SSSR count). The van der Waals surface area contributed by atoms with Crippen molar-refractivity contribution >= 4 is 23.7 Å². The molecule has 14 heavy (non-hydrogen) atoms. The Labute approximate surface area is 88.2 Å². The minimum Gasteiger partial charge on any atom is -0.351 e. The second-order valence-electron chi connectivity index (χ2n) is 2.79. The molecule has 0 aromatic carbocycles. The zero-order valence-electron chi connectivity index (χ0n) is 8.34. The van der Waals surface area contributed by atoms with Gasteiger partial charge < -0.3 is 11.1 Å². The van der Waals surface area contributed by atoms with Gasteiger partial charge >= 0.3 is 6.03 Å². The van der Waals surface area contributed by atoms with Crippen molar-refractivity contribution in [3.8, 4) is 0 Å². The van der Waals surface area contributed by atoms with Gasteiger partial charge in [-0.25, -0.2) is 4.79 Å². The number of thioether (sulfide) groups is 1. The third-order valence-corrected chi connectivity index (χ3v) is 2.20. The van der Waals surface area contributed by atoms with Crippen LogP contribution in [-0.4, -0.2) is 37.0 Å². The van der Waals surface area contributed by atoms with E-state index in [1.807, 2.05) is 5.32 Å². The van der Waals surface area contributed by atoms with Crippen molar-refractivity contribution in [2.24, 2.45) is 5.73 Å². The number of carbonyl (C=O) groups is 2. The molecule has 6 heteroatoms. The van der Waals surface area contributed by atoms with Crippen LogP contribution in [0.1, 0.15) is 12.8 Å². The third-order valence-electron chi connectivity index (χ3n) is 1.50. The van der Waals surface area contributed by atoms with Crippen LogP contribution in [0.25, 0.3) is 0 Å². The molecule has 0 saturated carbocycles. The van der Waals surface area contributed by atoms with Crippen molar-refractivity contribution in [1.29, 1.82) is 0 Å². The van der Waals surface area contributed by atoms with E-state index in [1.165, 1.54) is 0 Å². The lowest BCUT2D eigenvalue weighted by Crippen LogP contribution is -2.40. The highest BCUT2D eigenvalue weighted by molar-refractivity contribution is 7.98. The molecule has 5 nitrogen and oxygen atoms in total. The first kappa shape index (κ1) is 13.2. The molecule has 0 bridgehead atoms. The van der Waals surface area contributed by atoms with Crippen LogP contribution >= 0.6 is 11.8 Å². The Balaban J connectivity index is 3.19. The SMILES string of the molecule is CSCCCCNCC(=O)NC(N)=O. The van der Waals surface area contributed by atoms with E-state index in [0.717, 1.165) is 25.1 Å². The first-order valence-electron chi connectivity index (χ1n) is 4.45. The maximum Gasteiger partial charge on any atom is 0.318 e. The molecule has 82 valence electrons. The minimum atomic E-state index is -0.806. The van der Waals surface area contributed by atoms with E-state index in [9.17, 15) is 9.59 Å². The monoisotopic (exact) mass is 219 g/mol. The van der Waals surface area contributed by atoms with Crippen LogP contribution in [0.2, 0.25) is 0 Å². The minimum absolute atomic E-state index is 0.141. The Hall–Kier alpha value is -0.750. The van der Waals surface area contributed by atoms with E-state index in [0.29, 0.717) is 0 Å². The smallest absolute Gasteiger partial charge is 0.318 e. The molecule has 0 aliphatic rings. The lowest BCUT2D eigenvalue weighted by Gasteiger charge is -2.03. The summed E-state index contributed by atoms with van der Waals surface area (Å²) in [6.07, 6.45) is 4.23. The molecule has 0 heterocycles. The molecule has 0 saturated heterocycles. The fourth-order valence-corrected chi connectivity index (χ4v) is 1.37. The molecule has 0 aliphatic heterocycles. The molecule has 4 N–H and O–H groups in total. The van der Waals surface area contributed by atoms with Crippen LogP contribution in [0, 0.1) is 0 Å². The van der Waals surface area contributed by atoms with E-state index >= 15 is 0 Å². The molecule has 0 aromatic rings. The number of nitrogens with two attached hydrogens (primary N) is 1. The van der Waals surface area contributed by atoms with E-state index < -0.39 is 6.03 Å². The largest absolute Gasteiger partial charge is 0.351 e. The number of imide groups is 1. The standard InChI is InChI=1S/C8H17N3O2S/c1-14-5-3-2-4-10-6-7(12)11-8(9)13/h10H,2-6H2,1H3,(H3,9,11,12,13).